The minimum absolute atomic E-state index is 0.0790. The van der Waals surface area contributed by atoms with Crippen LogP contribution in [0, 0.1) is 0 Å². The molecule has 0 aliphatic rings. The Balaban J connectivity index is 2.39. The van der Waals surface area contributed by atoms with Gasteiger partial charge in [-0.1, -0.05) is 34.8 Å². The summed E-state index contributed by atoms with van der Waals surface area (Å²) in [7, 11) is -3.78. The van der Waals surface area contributed by atoms with Crippen LogP contribution in [0.5, 0.6) is 0 Å². The lowest BCUT2D eigenvalue weighted by Gasteiger charge is -2.09. The van der Waals surface area contributed by atoms with Crippen molar-refractivity contribution in [1.82, 2.24) is 10.2 Å². The summed E-state index contributed by atoms with van der Waals surface area (Å²) in [6, 6.07) is 4.00. The van der Waals surface area contributed by atoms with E-state index < -0.39 is 10.0 Å². The molecule has 0 saturated carbocycles. The molecule has 5 nitrogen and oxygen atoms in total. The lowest BCUT2D eigenvalue weighted by Crippen LogP contribution is -2.13. The summed E-state index contributed by atoms with van der Waals surface area (Å²) >= 11 is 17.4. The molecule has 1 aromatic carbocycles. The highest BCUT2D eigenvalue weighted by atomic mass is 35.5. The van der Waals surface area contributed by atoms with Crippen molar-refractivity contribution in [2.45, 2.75) is 5.03 Å². The Morgan fingerprint density at radius 2 is 1.78 bits per heavy atom. The zero-order valence-corrected chi connectivity index (χ0v) is 11.7. The van der Waals surface area contributed by atoms with E-state index in [1.165, 1.54) is 24.4 Å². The number of H-pyrrole nitrogens is 1. The molecule has 0 amide bonds. The van der Waals surface area contributed by atoms with Crippen molar-refractivity contribution in [3.05, 3.63) is 39.5 Å². The van der Waals surface area contributed by atoms with Gasteiger partial charge in [0.1, 0.15) is 0 Å². The number of aromatic amines is 1. The zero-order valence-electron chi connectivity index (χ0n) is 8.62. The van der Waals surface area contributed by atoms with Crippen molar-refractivity contribution in [1.29, 1.82) is 0 Å². The van der Waals surface area contributed by atoms with E-state index in [0.717, 1.165) is 0 Å². The van der Waals surface area contributed by atoms with Crippen molar-refractivity contribution in [3.8, 4) is 0 Å². The topological polar surface area (TPSA) is 74.8 Å². The van der Waals surface area contributed by atoms with Gasteiger partial charge in [-0.2, -0.15) is 13.5 Å². The van der Waals surface area contributed by atoms with Crippen LogP contribution in [-0.4, -0.2) is 18.6 Å². The van der Waals surface area contributed by atoms with E-state index in [9.17, 15) is 8.42 Å². The highest BCUT2D eigenvalue weighted by Gasteiger charge is 2.17. The van der Waals surface area contributed by atoms with Gasteiger partial charge in [-0.25, -0.2) is 0 Å². The third kappa shape index (κ3) is 2.72. The summed E-state index contributed by atoms with van der Waals surface area (Å²) in [6.07, 6.45) is 1.32. The van der Waals surface area contributed by atoms with Crippen LogP contribution in [0.15, 0.2) is 29.4 Å². The van der Waals surface area contributed by atoms with Gasteiger partial charge in [-0.15, -0.1) is 0 Å². The molecule has 1 heterocycles. The normalized spacial score (nSPS) is 11.5. The third-order valence-electron chi connectivity index (χ3n) is 2.02. The molecule has 2 rings (SSSR count). The van der Waals surface area contributed by atoms with Crippen LogP contribution >= 0.6 is 34.8 Å². The minimum Gasteiger partial charge on any atom is -0.277 e. The number of nitrogens with one attached hydrogen (secondary N) is 2. The molecule has 2 N–H and O–H groups in total. The van der Waals surface area contributed by atoms with Gasteiger partial charge >= 0.3 is 0 Å². The Morgan fingerprint density at radius 1 is 1.11 bits per heavy atom. The molecule has 0 aliphatic heterocycles. The van der Waals surface area contributed by atoms with E-state index in [-0.39, 0.29) is 25.8 Å². The standard InChI is InChI=1S/C9H6Cl3N3O2S/c10-5-3-7(12)8(4-6(5)11)15-18(16,17)9-1-2-13-14-9/h1-4,15H,(H,13,14). The monoisotopic (exact) mass is 325 g/mol. The van der Waals surface area contributed by atoms with Crippen molar-refractivity contribution in [2.24, 2.45) is 0 Å². The maximum absolute atomic E-state index is 11.9. The van der Waals surface area contributed by atoms with Crippen LogP contribution in [-0.2, 0) is 10.0 Å². The molecule has 0 atom stereocenters. The second kappa shape index (κ2) is 4.97. The first-order valence-corrected chi connectivity index (χ1v) is 7.18. The lowest BCUT2D eigenvalue weighted by molar-refractivity contribution is 0.597. The van der Waals surface area contributed by atoms with Crippen LogP contribution in [0.4, 0.5) is 5.69 Å². The number of aromatic nitrogens is 2. The van der Waals surface area contributed by atoms with Gasteiger partial charge in [0.05, 0.1) is 27.0 Å². The molecular weight excluding hydrogens is 321 g/mol. The van der Waals surface area contributed by atoms with Gasteiger partial charge in [0.15, 0.2) is 5.03 Å². The van der Waals surface area contributed by atoms with Crippen molar-refractivity contribution in [2.75, 3.05) is 4.72 Å². The van der Waals surface area contributed by atoms with Crippen molar-refractivity contribution >= 4 is 50.5 Å². The molecule has 9 heteroatoms. The smallest absolute Gasteiger partial charge is 0.277 e. The van der Waals surface area contributed by atoms with Gasteiger partial charge in [-0.05, 0) is 18.2 Å². The molecule has 1 aromatic heterocycles. The second-order valence-electron chi connectivity index (χ2n) is 3.27. The molecule has 0 radical (unpaired) electrons. The van der Waals surface area contributed by atoms with Crippen LogP contribution in [0.1, 0.15) is 0 Å². The van der Waals surface area contributed by atoms with Gasteiger partial charge < -0.3 is 0 Å². The highest BCUT2D eigenvalue weighted by Crippen LogP contribution is 2.33. The maximum atomic E-state index is 11.9. The van der Waals surface area contributed by atoms with Gasteiger partial charge in [0.25, 0.3) is 10.0 Å². The Bertz CT molecular complexity index is 671. The van der Waals surface area contributed by atoms with Gasteiger partial charge in [0.2, 0.25) is 0 Å². The molecule has 2 aromatic rings. The summed E-state index contributed by atoms with van der Waals surface area (Å²) < 4.78 is 26.1. The Labute approximate surface area is 118 Å². The molecule has 0 fully saturated rings. The molecule has 18 heavy (non-hydrogen) atoms. The lowest BCUT2D eigenvalue weighted by atomic mass is 10.3. The largest absolute Gasteiger partial charge is 0.278 e. The quantitative estimate of drug-likeness (QED) is 0.851. The molecule has 96 valence electrons. The number of hydrogen-bond acceptors (Lipinski definition) is 3. The van der Waals surface area contributed by atoms with Gasteiger partial charge in [0, 0.05) is 0 Å². The average Bonchev–Trinajstić information content (AvgIpc) is 2.79. The first-order valence-electron chi connectivity index (χ1n) is 4.57. The van der Waals surface area contributed by atoms with Crippen LogP contribution < -0.4 is 4.72 Å². The van der Waals surface area contributed by atoms with Crippen molar-refractivity contribution < 1.29 is 8.42 Å². The molecule has 0 saturated heterocycles. The van der Waals surface area contributed by atoms with E-state index in [1.807, 2.05) is 0 Å². The third-order valence-corrected chi connectivity index (χ3v) is 4.35. The molecule has 0 aliphatic carbocycles. The average molecular weight is 327 g/mol. The summed E-state index contributed by atoms with van der Waals surface area (Å²) in [5.41, 5.74) is 0.140. The first-order chi connectivity index (χ1) is 8.40. The number of hydrogen-bond donors (Lipinski definition) is 2. The summed E-state index contributed by atoms with van der Waals surface area (Å²) in [5, 5.41) is 6.41. The Hall–Kier alpha value is -0.950. The van der Waals surface area contributed by atoms with Crippen LogP contribution in [0.25, 0.3) is 0 Å². The fourth-order valence-corrected chi connectivity index (χ4v) is 2.82. The SMILES string of the molecule is O=S(=O)(Nc1cc(Cl)c(Cl)cc1Cl)c1ccn[nH]1. The van der Waals surface area contributed by atoms with Crippen LogP contribution in [0.2, 0.25) is 15.1 Å². The first kappa shape index (κ1) is 13.5. The van der Waals surface area contributed by atoms with Crippen LogP contribution in [0.3, 0.4) is 0 Å². The number of benzene rings is 1. The Kier molecular flexibility index (Phi) is 3.72. The van der Waals surface area contributed by atoms with E-state index in [4.69, 9.17) is 34.8 Å². The molecular formula is C9H6Cl3N3O2S. The number of halogens is 3. The number of sulfonamides is 1. The predicted octanol–water partition coefficient (Wildman–Crippen LogP) is 3.17. The summed E-state index contributed by atoms with van der Waals surface area (Å²) in [5.74, 6) is 0. The fraction of sp³-hybridized carbons (Fsp3) is 0. The number of anilines is 1. The molecule has 0 unspecified atom stereocenters. The highest BCUT2D eigenvalue weighted by molar-refractivity contribution is 7.92. The van der Waals surface area contributed by atoms with E-state index >= 15 is 0 Å². The van der Waals surface area contributed by atoms with Gasteiger partial charge in [-0.3, -0.25) is 9.82 Å². The predicted molar refractivity (Wildman–Crippen MR) is 70.9 cm³/mol. The second-order valence-corrected chi connectivity index (χ2v) is 6.14. The molecule has 0 bridgehead atoms. The summed E-state index contributed by atoms with van der Waals surface area (Å²) in [4.78, 5) is 0. The van der Waals surface area contributed by atoms with E-state index in [1.54, 1.807) is 0 Å². The van der Waals surface area contributed by atoms with E-state index in [0.29, 0.717) is 0 Å². The van der Waals surface area contributed by atoms with Crippen molar-refractivity contribution in [3.63, 3.8) is 0 Å². The summed E-state index contributed by atoms with van der Waals surface area (Å²) in [6.45, 7) is 0. The fourth-order valence-electron chi connectivity index (χ4n) is 1.19. The number of nitrogens with zero attached hydrogens (tertiary/aromatic N) is 1. The van der Waals surface area contributed by atoms with E-state index in [2.05, 4.69) is 14.9 Å². The minimum atomic E-state index is -3.78. The molecule has 0 spiro atoms. The Morgan fingerprint density at radius 3 is 2.39 bits per heavy atom. The zero-order chi connectivity index (χ0) is 13.3. The number of rotatable bonds is 3. The maximum Gasteiger partial charge on any atom is 0.278 e.